The summed E-state index contributed by atoms with van der Waals surface area (Å²) in [7, 11) is -3.00. The predicted molar refractivity (Wildman–Crippen MR) is 75.2 cm³/mol. The molecule has 1 aliphatic heterocycles. The Balaban J connectivity index is 2.17. The summed E-state index contributed by atoms with van der Waals surface area (Å²) in [6, 6.07) is 0.449. The van der Waals surface area contributed by atoms with Crippen LogP contribution in [0.25, 0.3) is 0 Å². The summed E-state index contributed by atoms with van der Waals surface area (Å²) in [6.07, 6.45) is 3.10. The lowest BCUT2D eigenvalue weighted by atomic mass is 10.1. The van der Waals surface area contributed by atoms with Crippen molar-refractivity contribution in [2.75, 3.05) is 32.4 Å². The van der Waals surface area contributed by atoms with Gasteiger partial charge in [0, 0.05) is 37.8 Å². The molecule has 0 saturated carbocycles. The van der Waals surface area contributed by atoms with E-state index in [9.17, 15) is 8.42 Å². The quantitative estimate of drug-likeness (QED) is 0.714. The van der Waals surface area contributed by atoms with Crippen LogP contribution in [0, 0.1) is 0 Å². The Hall–Kier alpha value is -0.170. The van der Waals surface area contributed by atoms with Gasteiger partial charge in [0.25, 0.3) is 0 Å². The molecule has 1 saturated heterocycles. The van der Waals surface area contributed by atoms with E-state index in [0.717, 1.165) is 25.9 Å². The van der Waals surface area contributed by atoms with Gasteiger partial charge in [-0.25, -0.2) is 12.7 Å². The minimum absolute atomic E-state index is 0.154. The second kappa shape index (κ2) is 6.32. The minimum atomic E-state index is -3.00. The van der Waals surface area contributed by atoms with Gasteiger partial charge in [0.15, 0.2) is 0 Å². The summed E-state index contributed by atoms with van der Waals surface area (Å²) in [6.45, 7) is 9.61. The van der Waals surface area contributed by atoms with Crippen LogP contribution in [0.4, 0.5) is 0 Å². The average Bonchev–Trinajstić information content (AvgIpc) is 2.22. The van der Waals surface area contributed by atoms with Gasteiger partial charge in [-0.05, 0) is 33.6 Å². The van der Waals surface area contributed by atoms with Crippen LogP contribution in [0.15, 0.2) is 0 Å². The van der Waals surface area contributed by atoms with Crippen molar-refractivity contribution in [3.05, 3.63) is 0 Å². The molecule has 0 aromatic rings. The number of hydrogen-bond donors (Lipinski definition) is 2. The smallest absolute Gasteiger partial charge is 0.211 e. The van der Waals surface area contributed by atoms with Crippen molar-refractivity contribution in [2.24, 2.45) is 0 Å². The maximum absolute atomic E-state index is 11.4. The number of rotatable bonds is 5. The molecular weight excluding hydrogens is 250 g/mol. The van der Waals surface area contributed by atoms with Crippen molar-refractivity contribution in [3.63, 3.8) is 0 Å². The van der Waals surface area contributed by atoms with Gasteiger partial charge in [0.2, 0.25) is 10.0 Å². The molecule has 1 rings (SSSR count). The van der Waals surface area contributed by atoms with Crippen LogP contribution < -0.4 is 10.6 Å². The van der Waals surface area contributed by atoms with E-state index >= 15 is 0 Å². The molecule has 0 amide bonds. The SMILES string of the molecule is CC(C)(C)NCCNC1CCN(S(C)(=O)=O)CC1. The standard InChI is InChI=1S/C12H27N3O2S/c1-12(2,3)14-8-7-13-11-5-9-15(10-6-11)18(4,16)17/h11,13-14H,5-10H2,1-4H3. The fourth-order valence-corrected chi connectivity index (χ4v) is 2.98. The second-order valence-electron chi connectivity index (χ2n) is 6.07. The zero-order valence-corrected chi connectivity index (χ0v) is 12.8. The number of sulfonamides is 1. The van der Waals surface area contributed by atoms with Gasteiger partial charge < -0.3 is 10.6 Å². The molecular formula is C12H27N3O2S. The maximum atomic E-state index is 11.4. The van der Waals surface area contributed by atoms with Crippen LogP contribution in [-0.2, 0) is 10.0 Å². The Bertz CT molecular complexity index is 341. The highest BCUT2D eigenvalue weighted by Crippen LogP contribution is 2.12. The first-order valence-corrected chi connectivity index (χ1v) is 8.47. The number of piperidine rings is 1. The molecule has 108 valence electrons. The van der Waals surface area contributed by atoms with Crippen molar-refractivity contribution in [2.45, 2.75) is 45.2 Å². The van der Waals surface area contributed by atoms with Crippen molar-refractivity contribution < 1.29 is 8.42 Å². The van der Waals surface area contributed by atoms with Gasteiger partial charge >= 0.3 is 0 Å². The van der Waals surface area contributed by atoms with Gasteiger partial charge in [0.05, 0.1) is 6.26 Å². The maximum Gasteiger partial charge on any atom is 0.211 e. The highest BCUT2D eigenvalue weighted by Gasteiger charge is 2.24. The summed E-state index contributed by atoms with van der Waals surface area (Å²) >= 11 is 0. The molecule has 18 heavy (non-hydrogen) atoms. The Kier molecular flexibility index (Phi) is 5.58. The van der Waals surface area contributed by atoms with Gasteiger partial charge in [0.1, 0.15) is 0 Å². The third-order valence-corrected chi connectivity index (χ3v) is 4.44. The molecule has 0 spiro atoms. The van der Waals surface area contributed by atoms with Crippen LogP contribution in [0.1, 0.15) is 33.6 Å². The summed E-state index contributed by atoms with van der Waals surface area (Å²) in [5.74, 6) is 0. The van der Waals surface area contributed by atoms with E-state index in [0.29, 0.717) is 19.1 Å². The molecule has 1 aliphatic rings. The topological polar surface area (TPSA) is 61.4 Å². The fourth-order valence-electron chi connectivity index (χ4n) is 2.11. The van der Waals surface area contributed by atoms with Crippen LogP contribution in [-0.4, -0.2) is 56.7 Å². The van der Waals surface area contributed by atoms with Crippen molar-refractivity contribution in [3.8, 4) is 0 Å². The molecule has 0 radical (unpaired) electrons. The molecule has 0 unspecified atom stereocenters. The predicted octanol–water partition coefficient (Wildman–Crippen LogP) is 0.388. The van der Waals surface area contributed by atoms with E-state index in [-0.39, 0.29) is 5.54 Å². The van der Waals surface area contributed by atoms with E-state index in [2.05, 4.69) is 31.4 Å². The second-order valence-corrected chi connectivity index (χ2v) is 8.05. The molecule has 1 fully saturated rings. The summed E-state index contributed by atoms with van der Waals surface area (Å²) < 4.78 is 24.3. The highest BCUT2D eigenvalue weighted by atomic mass is 32.2. The first-order valence-electron chi connectivity index (χ1n) is 6.62. The van der Waals surface area contributed by atoms with E-state index < -0.39 is 10.0 Å². The summed E-state index contributed by atoms with van der Waals surface area (Å²) in [4.78, 5) is 0. The highest BCUT2D eigenvalue weighted by molar-refractivity contribution is 7.88. The Morgan fingerprint density at radius 2 is 1.72 bits per heavy atom. The molecule has 0 aliphatic carbocycles. The summed E-state index contributed by atoms with van der Waals surface area (Å²) in [5, 5.41) is 6.91. The third-order valence-electron chi connectivity index (χ3n) is 3.14. The van der Waals surface area contributed by atoms with E-state index in [1.54, 1.807) is 4.31 Å². The van der Waals surface area contributed by atoms with Crippen LogP contribution >= 0.6 is 0 Å². The zero-order chi connectivity index (χ0) is 13.8. The van der Waals surface area contributed by atoms with Crippen molar-refractivity contribution >= 4 is 10.0 Å². The molecule has 1 heterocycles. The third kappa shape index (κ3) is 6.13. The van der Waals surface area contributed by atoms with E-state index in [4.69, 9.17) is 0 Å². The van der Waals surface area contributed by atoms with Crippen LogP contribution in [0.3, 0.4) is 0 Å². The van der Waals surface area contributed by atoms with Crippen LogP contribution in [0.2, 0.25) is 0 Å². The number of nitrogens with zero attached hydrogens (tertiary/aromatic N) is 1. The molecule has 0 aromatic carbocycles. The molecule has 0 atom stereocenters. The molecule has 2 N–H and O–H groups in total. The molecule has 0 aromatic heterocycles. The Labute approximate surface area is 111 Å². The normalized spacial score (nSPS) is 20.2. The largest absolute Gasteiger partial charge is 0.313 e. The average molecular weight is 277 g/mol. The first kappa shape index (κ1) is 15.9. The summed E-state index contributed by atoms with van der Waals surface area (Å²) in [5.41, 5.74) is 0.154. The van der Waals surface area contributed by atoms with Crippen LogP contribution in [0.5, 0.6) is 0 Å². The lowest BCUT2D eigenvalue weighted by molar-refractivity contribution is 0.288. The van der Waals surface area contributed by atoms with Gasteiger partial charge in [-0.1, -0.05) is 0 Å². The van der Waals surface area contributed by atoms with Crippen molar-refractivity contribution in [1.29, 1.82) is 0 Å². The molecule has 5 nitrogen and oxygen atoms in total. The zero-order valence-electron chi connectivity index (χ0n) is 12.0. The van der Waals surface area contributed by atoms with E-state index in [1.165, 1.54) is 6.26 Å². The Morgan fingerprint density at radius 3 is 2.17 bits per heavy atom. The number of hydrogen-bond acceptors (Lipinski definition) is 4. The fraction of sp³-hybridized carbons (Fsp3) is 1.00. The van der Waals surface area contributed by atoms with E-state index in [1.807, 2.05) is 0 Å². The Morgan fingerprint density at radius 1 is 1.17 bits per heavy atom. The molecule has 6 heteroatoms. The number of nitrogens with one attached hydrogen (secondary N) is 2. The first-order chi connectivity index (χ1) is 8.18. The minimum Gasteiger partial charge on any atom is -0.313 e. The van der Waals surface area contributed by atoms with Gasteiger partial charge in [-0.15, -0.1) is 0 Å². The van der Waals surface area contributed by atoms with Gasteiger partial charge in [-0.3, -0.25) is 0 Å². The molecule has 0 bridgehead atoms. The lowest BCUT2D eigenvalue weighted by Crippen LogP contribution is -2.47. The lowest BCUT2D eigenvalue weighted by Gasteiger charge is -2.31. The van der Waals surface area contributed by atoms with Crippen molar-refractivity contribution in [1.82, 2.24) is 14.9 Å². The van der Waals surface area contributed by atoms with Gasteiger partial charge in [-0.2, -0.15) is 0 Å². The monoisotopic (exact) mass is 277 g/mol.